The lowest BCUT2D eigenvalue weighted by Crippen LogP contribution is -2.60. The second-order valence-corrected chi connectivity index (χ2v) is 15.3. The number of carbonyl (C=O) groups excluding carboxylic acids is 9. The highest BCUT2D eigenvalue weighted by Crippen LogP contribution is 2.21. The Bertz CT molecular complexity index is 1580. The molecule has 18 N–H and O–H groups in total. The van der Waals surface area contributed by atoms with Gasteiger partial charge < -0.3 is 71.0 Å². The van der Waals surface area contributed by atoms with Crippen LogP contribution in [0.5, 0.6) is 0 Å². The van der Waals surface area contributed by atoms with Crippen LogP contribution in [0.15, 0.2) is 4.99 Å². The van der Waals surface area contributed by atoms with Gasteiger partial charge in [0.2, 0.25) is 53.2 Å². The topological polar surface area (TPSA) is 423 Å². The number of hydrogen-bond donors (Lipinski definition) is 12. The lowest BCUT2D eigenvalue weighted by Gasteiger charge is -2.30. The summed E-state index contributed by atoms with van der Waals surface area (Å²) < 4.78 is 0. The van der Waals surface area contributed by atoms with Gasteiger partial charge in [0.1, 0.15) is 36.3 Å². The fourth-order valence-corrected chi connectivity index (χ4v) is 6.43. The van der Waals surface area contributed by atoms with Crippen LogP contribution in [0.1, 0.15) is 71.6 Å². The first kappa shape index (κ1) is 51.3. The number of hydrogen-bond acceptors (Lipinski definition) is 13. The van der Waals surface area contributed by atoms with Crippen molar-refractivity contribution in [2.45, 2.75) is 114 Å². The van der Waals surface area contributed by atoms with E-state index in [2.05, 4.69) is 31.6 Å². The van der Waals surface area contributed by atoms with E-state index in [0.717, 1.165) is 0 Å². The van der Waals surface area contributed by atoms with Crippen LogP contribution >= 0.6 is 11.8 Å². The predicted molar refractivity (Wildman–Crippen MR) is 214 cm³/mol. The predicted octanol–water partition coefficient (Wildman–Crippen LogP) is -5.71. The van der Waals surface area contributed by atoms with Gasteiger partial charge in [-0.3, -0.25) is 48.1 Å². The molecule has 0 saturated carbocycles. The molecule has 1 fully saturated rings. The minimum atomic E-state index is -1.71. The Balaban J connectivity index is 3.38. The van der Waals surface area contributed by atoms with E-state index < -0.39 is 121 Å². The SMILES string of the molecule is CSCC[C@H](NC(=O)[C@H](CC(N)=O)NC(=O)[C@H](CCCN=C(N)N)NC(=O)[C@H](CC(N)=O)NC(=O)[C@@H](N)CC(N)=O)C(=O)N1CCC[C@H]1C(=O)N[C@@H](CC(C)C)C(=O)O. The number of aliphatic imine (C=N–C) groups is 1. The van der Waals surface area contributed by atoms with Crippen LogP contribution < -0.4 is 61.0 Å². The van der Waals surface area contributed by atoms with Gasteiger partial charge in [-0.2, -0.15) is 11.8 Å². The molecule has 332 valence electrons. The van der Waals surface area contributed by atoms with Crippen molar-refractivity contribution in [2.24, 2.45) is 45.3 Å². The Labute approximate surface area is 345 Å². The Morgan fingerprint density at radius 1 is 0.712 bits per heavy atom. The third kappa shape index (κ3) is 19.1. The maximum Gasteiger partial charge on any atom is 0.326 e. The first-order valence-electron chi connectivity index (χ1n) is 18.8. The van der Waals surface area contributed by atoms with E-state index >= 15 is 0 Å². The summed E-state index contributed by atoms with van der Waals surface area (Å²) in [6.07, 6.45) is 0.323. The summed E-state index contributed by atoms with van der Waals surface area (Å²) in [6, 6.07) is -9.92. The molecule has 0 aromatic rings. The van der Waals surface area contributed by atoms with Crippen molar-refractivity contribution in [3.05, 3.63) is 0 Å². The number of likely N-dealkylation sites (tertiary alicyclic amines) is 1. The van der Waals surface area contributed by atoms with Gasteiger partial charge in [0.05, 0.1) is 25.3 Å². The maximum atomic E-state index is 14.0. The zero-order valence-electron chi connectivity index (χ0n) is 33.4. The number of guanidine groups is 1. The first-order valence-corrected chi connectivity index (χ1v) is 20.2. The summed E-state index contributed by atoms with van der Waals surface area (Å²) in [6.45, 7) is 3.69. The van der Waals surface area contributed by atoms with Crippen LogP contribution in [0.2, 0.25) is 0 Å². The highest BCUT2D eigenvalue weighted by molar-refractivity contribution is 7.98. The van der Waals surface area contributed by atoms with E-state index in [1.165, 1.54) is 16.7 Å². The molecule has 24 nitrogen and oxygen atoms in total. The largest absolute Gasteiger partial charge is 0.480 e. The Kier molecular flexibility index (Phi) is 22.3. The quantitative estimate of drug-likeness (QED) is 0.0208. The van der Waals surface area contributed by atoms with Gasteiger partial charge in [-0.1, -0.05) is 13.8 Å². The van der Waals surface area contributed by atoms with Crippen molar-refractivity contribution in [3.63, 3.8) is 0 Å². The van der Waals surface area contributed by atoms with Crippen molar-refractivity contribution in [1.82, 2.24) is 31.5 Å². The minimum absolute atomic E-state index is 0.0277. The number of aliphatic carboxylic acids is 1. The minimum Gasteiger partial charge on any atom is -0.480 e. The molecule has 0 unspecified atom stereocenters. The fraction of sp³-hybridized carbons (Fsp3) is 0.676. The van der Waals surface area contributed by atoms with Gasteiger partial charge in [-0.25, -0.2) is 4.79 Å². The number of carbonyl (C=O) groups is 10. The maximum absolute atomic E-state index is 14.0. The molecule has 0 bridgehead atoms. The van der Waals surface area contributed by atoms with Crippen LogP contribution in [0, 0.1) is 5.92 Å². The molecule has 0 aliphatic carbocycles. The molecule has 7 atom stereocenters. The number of nitrogens with two attached hydrogens (primary N) is 6. The van der Waals surface area contributed by atoms with Crippen molar-refractivity contribution in [1.29, 1.82) is 0 Å². The molecular formula is C34H59N13O11S. The molecule has 9 amide bonds. The van der Waals surface area contributed by atoms with E-state index in [1.807, 2.05) is 0 Å². The number of carboxylic acid groups (broad SMARTS) is 1. The van der Waals surface area contributed by atoms with Gasteiger partial charge in [-0.05, 0) is 56.5 Å². The van der Waals surface area contributed by atoms with Crippen molar-refractivity contribution in [3.8, 4) is 0 Å². The molecule has 1 heterocycles. The average Bonchev–Trinajstić information content (AvgIpc) is 3.62. The summed E-state index contributed by atoms with van der Waals surface area (Å²) in [5, 5.41) is 21.6. The molecule has 1 aliphatic heterocycles. The number of nitrogens with zero attached hydrogens (tertiary/aromatic N) is 2. The molecule has 59 heavy (non-hydrogen) atoms. The van der Waals surface area contributed by atoms with Crippen LogP contribution in [0.3, 0.4) is 0 Å². The normalized spacial score (nSPS) is 16.6. The van der Waals surface area contributed by atoms with Gasteiger partial charge in [-0.15, -0.1) is 0 Å². The summed E-state index contributed by atoms with van der Waals surface area (Å²) in [7, 11) is 0. The molecule has 25 heteroatoms. The van der Waals surface area contributed by atoms with Crippen molar-refractivity contribution >= 4 is 76.9 Å². The number of amides is 9. The van der Waals surface area contributed by atoms with Crippen LogP contribution in [0.25, 0.3) is 0 Å². The number of carboxylic acids is 1. The number of rotatable bonds is 27. The third-order valence-corrected chi connectivity index (χ3v) is 9.44. The second kappa shape index (κ2) is 25.6. The van der Waals surface area contributed by atoms with E-state index in [1.54, 1.807) is 20.1 Å². The van der Waals surface area contributed by atoms with E-state index in [0.29, 0.717) is 12.2 Å². The van der Waals surface area contributed by atoms with E-state index in [9.17, 15) is 53.1 Å². The Hall–Kier alpha value is -5.72. The van der Waals surface area contributed by atoms with Crippen LogP contribution in [-0.2, 0) is 47.9 Å². The lowest BCUT2D eigenvalue weighted by molar-refractivity contribution is -0.145. The average molecular weight is 858 g/mol. The molecule has 1 saturated heterocycles. The highest BCUT2D eigenvalue weighted by Gasteiger charge is 2.40. The first-order chi connectivity index (χ1) is 27.6. The monoisotopic (exact) mass is 857 g/mol. The summed E-state index contributed by atoms with van der Waals surface area (Å²) in [5.74, 6) is -9.75. The second-order valence-electron chi connectivity index (χ2n) is 14.3. The fourth-order valence-electron chi connectivity index (χ4n) is 5.96. The Morgan fingerprint density at radius 3 is 1.71 bits per heavy atom. The third-order valence-electron chi connectivity index (χ3n) is 8.80. The zero-order valence-corrected chi connectivity index (χ0v) is 34.2. The summed E-state index contributed by atoms with van der Waals surface area (Å²) in [4.78, 5) is 133. The van der Waals surface area contributed by atoms with Gasteiger partial charge in [0.25, 0.3) is 0 Å². The standard InChI is InChI=1S/C34H59N13O11S/c1-16(2)12-22(33(57)58)46-31(55)23-7-5-10-47(23)32(56)19(8-11-59-3)43-30(54)21(15-26(38)50)45-28(52)18(6-4-9-41-34(39)40)42-29(53)20(14-25(37)49)44-27(51)17(35)13-24(36)48/h16-23H,4-15,35H2,1-3H3,(H2,36,48)(H2,37,49)(H2,38,50)(H,42,53)(H,43,54)(H,44,51)(H,45,52)(H,46,55)(H,57,58)(H4,39,40,41)/t17-,18-,19-,20-,21-,22-,23-/m0/s1. The number of primary amides is 3. The van der Waals surface area contributed by atoms with E-state index in [-0.39, 0.29) is 57.1 Å². The number of thioether (sulfide) groups is 1. The zero-order chi connectivity index (χ0) is 45.0. The smallest absolute Gasteiger partial charge is 0.326 e. The summed E-state index contributed by atoms with van der Waals surface area (Å²) in [5.41, 5.74) is 32.2. The van der Waals surface area contributed by atoms with Crippen LogP contribution in [-0.4, -0.2) is 142 Å². The van der Waals surface area contributed by atoms with Crippen LogP contribution in [0.4, 0.5) is 0 Å². The molecule has 1 aliphatic rings. The van der Waals surface area contributed by atoms with Gasteiger partial charge in [0, 0.05) is 13.1 Å². The van der Waals surface area contributed by atoms with E-state index in [4.69, 9.17) is 34.4 Å². The number of nitrogens with one attached hydrogen (secondary N) is 5. The highest BCUT2D eigenvalue weighted by atomic mass is 32.2. The Morgan fingerprint density at radius 2 is 1.22 bits per heavy atom. The molecule has 1 rings (SSSR count). The van der Waals surface area contributed by atoms with Crippen molar-refractivity contribution in [2.75, 3.05) is 25.1 Å². The molecule has 0 aromatic heterocycles. The molecular weight excluding hydrogens is 799 g/mol. The molecule has 0 aromatic carbocycles. The molecule has 0 radical (unpaired) electrons. The molecule has 0 spiro atoms. The van der Waals surface area contributed by atoms with Gasteiger partial charge >= 0.3 is 5.97 Å². The summed E-state index contributed by atoms with van der Waals surface area (Å²) >= 11 is 1.35. The van der Waals surface area contributed by atoms with Crippen molar-refractivity contribution < 1.29 is 53.1 Å². The lowest BCUT2D eigenvalue weighted by atomic mass is 10.0. The van der Waals surface area contributed by atoms with Gasteiger partial charge in [0.15, 0.2) is 5.96 Å².